The molecule has 2 aromatic rings. The maximum absolute atomic E-state index is 12.4. The molecular weight excluding hydrogens is 370 g/mol. The van der Waals surface area contributed by atoms with E-state index in [1.165, 1.54) is 7.11 Å². The van der Waals surface area contributed by atoms with Gasteiger partial charge in [-0.25, -0.2) is 4.79 Å². The first-order chi connectivity index (χ1) is 12.9. The number of methoxy groups -OCH3 is 3. The SMILES string of the molecule is COC(=O)c1c(Cl)ccc(C)c1NC(=O)CCc1ccc(OC)c(OC)c1. The van der Waals surface area contributed by atoms with Gasteiger partial charge >= 0.3 is 5.97 Å². The smallest absolute Gasteiger partial charge is 0.341 e. The summed E-state index contributed by atoms with van der Waals surface area (Å²) in [5.74, 6) is 0.399. The molecule has 7 heteroatoms. The van der Waals surface area contributed by atoms with E-state index in [2.05, 4.69) is 5.32 Å². The average Bonchev–Trinajstić information content (AvgIpc) is 2.68. The van der Waals surface area contributed by atoms with Gasteiger partial charge in [0.25, 0.3) is 0 Å². The van der Waals surface area contributed by atoms with Crippen LogP contribution in [0.3, 0.4) is 0 Å². The highest BCUT2D eigenvalue weighted by Gasteiger charge is 2.20. The molecule has 0 fully saturated rings. The number of aryl methyl sites for hydroxylation is 2. The zero-order chi connectivity index (χ0) is 20.0. The molecule has 0 heterocycles. The first-order valence-electron chi connectivity index (χ1n) is 8.29. The lowest BCUT2D eigenvalue weighted by Gasteiger charge is -2.14. The number of ether oxygens (including phenoxy) is 3. The summed E-state index contributed by atoms with van der Waals surface area (Å²) in [7, 11) is 4.39. The minimum absolute atomic E-state index is 0.152. The average molecular weight is 392 g/mol. The number of carbonyl (C=O) groups excluding carboxylic acids is 2. The van der Waals surface area contributed by atoms with E-state index in [9.17, 15) is 9.59 Å². The van der Waals surface area contributed by atoms with Gasteiger partial charge in [0.1, 0.15) is 5.56 Å². The number of hydrogen-bond acceptors (Lipinski definition) is 5. The topological polar surface area (TPSA) is 73.9 Å². The number of anilines is 1. The molecule has 0 unspecified atom stereocenters. The molecule has 0 radical (unpaired) electrons. The molecule has 0 saturated heterocycles. The third-order valence-electron chi connectivity index (χ3n) is 4.11. The number of rotatable bonds is 7. The molecule has 1 amide bonds. The summed E-state index contributed by atoms with van der Waals surface area (Å²) in [6, 6.07) is 8.83. The Bertz CT molecular complexity index is 851. The van der Waals surface area contributed by atoms with Crippen molar-refractivity contribution in [1.82, 2.24) is 0 Å². The number of nitrogens with one attached hydrogen (secondary N) is 1. The van der Waals surface area contributed by atoms with Crippen LogP contribution in [0.15, 0.2) is 30.3 Å². The predicted molar refractivity (Wildman–Crippen MR) is 104 cm³/mol. The van der Waals surface area contributed by atoms with E-state index in [1.54, 1.807) is 39.3 Å². The summed E-state index contributed by atoms with van der Waals surface area (Å²) >= 11 is 6.12. The Kier molecular flexibility index (Phi) is 7.07. The Morgan fingerprint density at radius 1 is 1.04 bits per heavy atom. The van der Waals surface area contributed by atoms with Crippen molar-refractivity contribution in [2.24, 2.45) is 0 Å². The molecule has 2 aromatic carbocycles. The van der Waals surface area contributed by atoms with Crippen molar-refractivity contribution in [2.45, 2.75) is 19.8 Å². The number of halogens is 1. The number of hydrogen-bond donors (Lipinski definition) is 1. The first-order valence-corrected chi connectivity index (χ1v) is 8.67. The van der Waals surface area contributed by atoms with Crippen molar-refractivity contribution in [3.8, 4) is 11.5 Å². The Morgan fingerprint density at radius 2 is 1.74 bits per heavy atom. The second kappa shape index (κ2) is 9.28. The zero-order valence-corrected chi connectivity index (χ0v) is 16.5. The fraction of sp³-hybridized carbons (Fsp3) is 0.300. The van der Waals surface area contributed by atoms with E-state index in [0.717, 1.165) is 11.1 Å². The maximum atomic E-state index is 12.4. The lowest BCUT2D eigenvalue weighted by molar-refractivity contribution is -0.116. The molecule has 1 N–H and O–H groups in total. The minimum atomic E-state index is -0.598. The van der Waals surface area contributed by atoms with Crippen molar-refractivity contribution in [2.75, 3.05) is 26.6 Å². The van der Waals surface area contributed by atoms with Crippen LogP contribution in [0.2, 0.25) is 5.02 Å². The van der Waals surface area contributed by atoms with Crippen molar-refractivity contribution >= 4 is 29.2 Å². The van der Waals surface area contributed by atoms with Crippen LogP contribution < -0.4 is 14.8 Å². The van der Waals surface area contributed by atoms with Gasteiger partial charge in [0, 0.05) is 6.42 Å². The highest BCUT2D eigenvalue weighted by atomic mass is 35.5. The molecule has 0 bridgehead atoms. The van der Waals surface area contributed by atoms with Gasteiger partial charge in [-0.1, -0.05) is 23.7 Å². The molecule has 0 aliphatic rings. The number of carbonyl (C=O) groups is 2. The summed E-state index contributed by atoms with van der Waals surface area (Å²) in [5.41, 5.74) is 2.17. The molecule has 144 valence electrons. The normalized spacial score (nSPS) is 10.3. The fourth-order valence-electron chi connectivity index (χ4n) is 2.64. The lowest BCUT2D eigenvalue weighted by atomic mass is 10.1. The van der Waals surface area contributed by atoms with Gasteiger partial charge in [0.15, 0.2) is 11.5 Å². The molecule has 0 saturated carbocycles. The molecule has 0 aliphatic heterocycles. The van der Waals surface area contributed by atoms with Crippen LogP contribution in [0.1, 0.15) is 27.9 Å². The van der Waals surface area contributed by atoms with Crippen LogP contribution in [0.5, 0.6) is 11.5 Å². The zero-order valence-electron chi connectivity index (χ0n) is 15.7. The molecule has 0 aromatic heterocycles. The van der Waals surface area contributed by atoms with Gasteiger partial charge in [-0.2, -0.15) is 0 Å². The van der Waals surface area contributed by atoms with Gasteiger partial charge in [-0.05, 0) is 42.7 Å². The van der Waals surface area contributed by atoms with E-state index in [1.807, 2.05) is 12.1 Å². The minimum Gasteiger partial charge on any atom is -0.493 e. The second-order valence-electron chi connectivity index (χ2n) is 5.84. The van der Waals surface area contributed by atoms with Crippen molar-refractivity contribution in [3.05, 3.63) is 52.0 Å². The highest BCUT2D eigenvalue weighted by Crippen LogP contribution is 2.30. The number of benzene rings is 2. The Balaban J connectivity index is 2.13. The van der Waals surface area contributed by atoms with E-state index in [-0.39, 0.29) is 22.9 Å². The third kappa shape index (κ3) is 4.92. The van der Waals surface area contributed by atoms with Gasteiger partial charge in [0.05, 0.1) is 32.0 Å². The van der Waals surface area contributed by atoms with Crippen LogP contribution in [0, 0.1) is 6.92 Å². The molecular formula is C20H22ClNO5. The number of amides is 1. The largest absolute Gasteiger partial charge is 0.493 e. The molecule has 6 nitrogen and oxygen atoms in total. The maximum Gasteiger partial charge on any atom is 0.341 e. The summed E-state index contributed by atoms with van der Waals surface area (Å²) in [6.07, 6.45) is 0.724. The highest BCUT2D eigenvalue weighted by molar-refractivity contribution is 6.34. The number of esters is 1. The van der Waals surface area contributed by atoms with Gasteiger partial charge in [0.2, 0.25) is 5.91 Å². The van der Waals surface area contributed by atoms with Gasteiger partial charge in [-0.3, -0.25) is 4.79 Å². The van der Waals surface area contributed by atoms with E-state index >= 15 is 0 Å². The quantitative estimate of drug-likeness (QED) is 0.721. The van der Waals surface area contributed by atoms with Crippen LogP contribution in [-0.2, 0) is 16.0 Å². The molecule has 0 aliphatic carbocycles. The summed E-state index contributed by atoms with van der Waals surface area (Å²) < 4.78 is 15.2. The van der Waals surface area contributed by atoms with E-state index in [0.29, 0.717) is 23.6 Å². The van der Waals surface area contributed by atoms with Crippen LogP contribution >= 0.6 is 11.6 Å². The van der Waals surface area contributed by atoms with Crippen LogP contribution in [-0.4, -0.2) is 33.2 Å². The fourth-order valence-corrected chi connectivity index (χ4v) is 2.87. The van der Waals surface area contributed by atoms with E-state index in [4.69, 9.17) is 25.8 Å². The second-order valence-corrected chi connectivity index (χ2v) is 6.25. The first kappa shape index (κ1) is 20.6. The summed E-state index contributed by atoms with van der Waals surface area (Å²) in [4.78, 5) is 24.4. The van der Waals surface area contributed by atoms with Crippen molar-refractivity contribution in [1.29, 1.82) is 0 Å². The van der Waals surface area contributed by atoms with Gasteiger partial charge in [-0.15, -0.1) is 0 Å². The lowest BCUT2D eigenvalue weighted by Crippen LogP contribution is -2.17. The monoisotopic (exact) mass is 391 g/mol. The molecule has 0 spiro atoms. The molecule has 0 atom stereocenters. The summed E-state index contributed by atoms with van der Waals surface area (Å²) in [6.45, 7) is 1.78. The van der Waals surface area contributed by atoms with Crippen molar-refractivity contribution < 1.29 is 23.8 Å². The summed E-state index contributed by atoms with van der Waals surface area (Å²) in [5, 5.41) is 3.00. The van der Waals surface area contributed by atoms with Gasteiger partial charge < -0.3 is 19.5 Å². The van der Waals surface area contributed by atoms with Crippen LogP contribution in [0.4, 0.5) is 5.69 Å². The molecule has 2 rings (SSSR count). The van der Waals surface area contributed by atoms with E-state index < -0.39 is 5.97 Å². The molecule has 27 heavy (non-hydrogen) atoms. The standard InChI is InChI=1S/C20H22ClNO5/c1-12-5-8-14(21)18(20(24)27-4)19(12)22-17(23)10-7-13-6-9-15(25-2)16(11-13)26-3/h5-6,8-9,11H,7,10H2,1-4H3,(H,22,23). The Morgan fingerprint density at radius 3 is 2.37 bits per heavy atom. The third-order valence-corrected chi connectivity index (χ3v) is 4.42. The van der Waals surface area contributed by atoms with Crippen LogP contribution in [0.25, 0.3) is 0 Å². The Labute approximate surface area is 163 Å². The predicted octanol–water partition coefficient (Wildman–Crippen LogP) is 4.02. The Hall–Kier alpha value is -2.73. The van der Waals surface area contributed by atoms with Crippen molar-refractivity contribution in [3.63, 3.8) is 0 Å².